The summed E-state index contributed by atoms with van der Waals surface area (Å²) in [6, 6.07) is 12.9. The van der Waals surface area contributed by atoms with E-state index in [9.17, 15) is 9.18 Å². The number of piperazine rings is 1. The van der Waals surface area contributed by atoms with Crippen LogP contribution in [0, 0.1) is 19.7 Å². The fraction of sp³-hybridized carbons (Fsp3) is 0.409. The van der Waals surface area contributed by atoms with Gasteiger partial charge in [-0.2, -0.15) is 0 Å². The summed E-state index contributed by atoms with van der Waals surface area (Å²) in [5.41, 5.74) is 4.60. The van der Waals surface area contributed by atoms with E-state index in [4.69, 9.17) is 0 Å². The quantitative estimate of drug-likeness (QED) is 0.877. The third-order valence-corrected chi connectivity index (χ3v) is 5.21. The maximum Gasteiger partial charge on any atom is 0.234 e. The third-order valence-electron chi connectivity index (χ3n) is 5.21. The van der Waals surface area contributed by atoms with Crippen molar-refractivity contribution in [3.63, 3.8) is 0 Å². The highest BCUT2D eigenvalue weighted by atomic mass is 19.1. The van der Waals surface area contributed by atoms with Crippen LogP contribution in [0.3, 0.4) is 0 Å². The van der Waals surface area contributed by atoms with Gasteiger partial charge in [0.1, 0.15) is 5.82 Å². The van der Waals surface area contributed by atoms with Crippen molar-refractivity contribution in [1.82, 2.24) is 10.2 Å². The Morgan fingerprint density at radius 2 is 1.74 bits per heavy atom. The van der Waals surface area contributed by atoms with Gasteiger partial charge in [-0.05, 0) is 56.2 Å². The van der Waals surface area contributed by atoms with Crippen LogP contribution in [0.15, 0.2) is 42.5 Å². The van der Waals surface area contributed by atoms with Crippen LogP contribution in [0.4, 0.5) is 10.1 Å². The molecule has 1 N–H and O–H groups in total. The zero-order chi connectivity index (χ0) is 19.4. The first kappa shape index (κ1) is 19.4. The van der Waals surface area contributed by atoms with Crippen molar-refractivity contribution in [1.29, 1.82) is 0 Å². The molecule has 144 valence electrons. The van der Waals surface area contributed by atoms with Crippen LogP contribution < -0.4 is 10.2 Å². The van der Waals surface area contributed by atoms with Crippen LogP contribution in [0.25, 0.3) is 0 Å². The Balaban J connectivity index is 1.49. The van der Waals surface area contributed by atoms with E-state index in [0.717, 1.165) is 31.9 Å². The minimum atomic E-state index is -0.216. The fourth-order valence-electron chi connectivity index (χ4n) is 3.61. The van der Waals surface area contributed by atoms with Crippen molar-refractivity contribution in [2.75, 3.05) is 37.6 Å². The molecular formula is C22H28FN3O. The van der Waals surface area contributed by atoms with Gasteiger partial charge in [0.15, 0.2) is 0 Å². The predicted octanol–water partition coefficient (Wildman–Crippen LogP) is 3.44. The molecule has 0 spiro atoms. The first-order valence-electron chi connectivity index (χ1n) is 9.52. The largest absolute Gasteiger partial charge is 0.369 e. The molecule has 2 aromatic carbocycles. The summed E-state index contributed by atoms with van der Waals surface area (Å²) in [4.78, 5) is 16.9. The Morgan fingerprint density at radius 3 is 2.41 bits per heavy atom. The number of nitrogens with one attached hydrogen (secondary N) is 1. The first-order chi connectivity index (χ1) is 12.9. The molecule has 1 atom stereocenters. The molecule has 0 saturated carbocycles. The molecule has 0 radical (unpaired) electrons. The average Bonchev–Trinajstić information content (AvgIpc) is 2.65. The maximum atomic E-state index is 13.1. The van der Waals surface area contributed by atoms with Gasteiger partial charge in [-0.15, -0.1) is 0 Å². The number of aryl methyl sites for hydroxylation is 2. The van der Waals surface area contributed by atoms with E-state index >= 15 is 0 Å². The van der Waals surface area contributed by atoms with E-state index in [1.807, 2.05) is 19.1 Å². The van der Waals surface area contributed by atoms with Gasteiger partial charge in [0, 0.05) is 31.9 Å². The van der Waals surface area contributed by atoms with Crippen LogP contribution in [-0.4, -0.2) is 43.5 Å². The van der Waals surface area contributed by atoms with Gasteiger partial charge in [-0.25, -0.2) is 4.39 Å². The molecular weight excluding hydrogens is 341 g/mol. The third kappa shape index (κ3) is 5.07. The maximum absolute atomic E-state index is 13.1. The zero-order valence-electron chi connectivity index (χ0n) is 16.3. The predicted molar refractivity (Wildman–Crippen MR) is 108 cm³/mol. The lowest BCUT2D eigenvalue weighted by molar-refractivity contribution is -0.123. The van der Waals surface area contributed by atoms with Crippen molar-refractivity contribution in [2.45, 2.75) is 26.8 Å². The Labute approximate surface area is 161 Å². The average molecular weight is 369 g/mol. The molecule has 1 fully saturated rings. The number of hydrogen-bond donors (Lipinski definition) is 1. The molecule has 1 aliphatic rings. The Morgan fingerprint density at radius 1 is 1.07 bits per heavy atom. The molecule has 27 heavy (non-hydrogen) atoms. The van der Waals surface area contributed by atoms with E-state index in [1.54, 1.807) is 0 Å². The number of halogens is 1. The summed E-state index contributed by atoms with van der Waals surface area (Å²) < 4.78 is 13.1. The highest BCUT2D eigenvalue weighted by molar-refractivity contribution is 5.78. The number of anilines is 1. The number of benzene rings is 2. The number of carbonyl (C=O) groups excluding carboxylic acids is 1. The van der Waals surface area contributed by atoms with Crippen molar-refractivity contribution < 1.29 is 9.18 Å². The van der Waals surface area contributed by atoms with Crippen molar-refractivity contribution in [3.8, 4) is 0 Å². The van der Waals surface area contributed by atoms with Crippen LogP contribution in [0.2, 0.25) is 0 Å². The number of hydrogen-bond acceptors (Lipinski definition) is 3. The lowest BCUT2D eigenvalue weighted by Gasteiger charge is -2.35. The van der Waals surface area contributed by atoms with E-state index in [1.165, 1.54) is 28.8 Å². The van der Waals surface area contributed by atoms with Crippen molar-refractivity contribution in [2.24, 2.45) is 0 Å². The van der Waals surface area contributed by atoms with Gasteiger partial charge >= 0.3 is 0 Å². The number of amides is 1. The lowest BCUT2D eigenvalue weighted by atomic mass is 10.00. The van der Waals surface area contributed by atoms with Gasteiger partial charge < -0.3 is 10.2 Å². The smallest absolute Gasteiger partial charge is 0.234 e. The Bertz CT molecular complexity index is 783. The van der Waals surface area contributed by atoms with Crippen molar-refractivity contribution in [3.05, 3.63) is 65.0 Å². The summed E-state index contributed by atoms with van der Waals surface area (Å²) >= 11 is 0. The summed E-state index contributed by atoms with van der Waals surface area (Å²) in [5, 5.41) is 3.12. The van der Waals surface area contributed by atoms with E-state index in [2.05, 4.69) is 47.2 Å². The monoisotopic (exact) mass is 369 g/mol. The minimum absolute atomic E-state index is 0.00194. The molecule has 1 heterocycles. The van der Waals surface area contributed by atoms with E-state index < -0.39 is 0 Å². The second-order valence-electron chi connectivity index (χ2n) is 7.39. The minimum Gasteiger partial charge on any atom is -0.369 e. The molecule has 5 heteroatoms. The fourth-order valence-corrected chi connectivity index (χ4v) is 3.61. The molecule has 1 saturated heterocycles. The van der Waals surface area contributed by atoms with E-state index in [0.29, 0.717) is 6.54 Å². The molecule has 2 aromatic rings. The first-order valence-corrected chi connectivity index (χ1v) is 9.52. The highest BCUT2D eigenvalue weighted by Crippen LogP contribution is 2.19. The second kappa shape index (κ2) is 8.53. The number of rotatable bonds is 5. The van der Waals surface area contributed by atoms with Gasteiger partial charge in [-0.1, -0.05) is 23.8 Å². The molecule has 0 bridgehead atoms. The molecule has 0 aliphatic carbocycles. The second-order valence-corrected chi connectivity index (χ2v) is 7.39. The Kier molecular flexibility index (Phi) is 6.11. The molecule has 1 aliphatic heterocycles. The van der Waals surface area contributed by atoms with Crippen LogP contribution in [-0.2, 0) is 4.79 Å². The molecule has 1 amide bonds. The van der Waals surface area contributed by atoms with Crippen LogP contribution in [0.1, 0.15) is 29.7 Å². The summed E-state index contributed by atoms with van der Waals surface area (Å²) in [6.45, 7) is 9.91. The molecule has 3 rings (SSSR count). The van der Waals surface area contributed by atoms with Crippen molar-refractivity contribution >= 4 is 11.6 Å². The van der Waals surface area contributed by atoms with Gasteiger partial charge in [0.05, 0.1) is 12.6 Å². The number of nitrogens with zero attached hydrogens (tertiary/aromatic N) is 2. The van der Waals surface area contributed by atoms with E-state index in [-0.39, 0.29) is 17.8 Å². The Hall–Kier alpha value is -2.40. The SMILES string of the molecule is Cc1ccc(C)c(C(C)NC(=O)CN2CCN(c3ccc(F)cc3)CC2)c1. The molecule has 0 aromatic heterocycles. The zero-order valence-corrected chi connectivity index (χ0v) is 16.3. The summed E-state index contributed by atoms with van der Waals surface area (Å²) in [7, 11) is 0. The van der Waals surface area contributed by atoms with Gasteiger partial charge in [-0.3, -0.25) is 9.69 Å². The van der Waals surface area contributed by atoms with Crippen LogP contribution >= 0.6 is 0 Å². The number of carbonyl (C=O) groups is 1. The molecule has 1 unspecified atom stereocenters. The van der Waals surface area contributed by atoms with Gasteiger partial charge in [0.25, 0.3) is 0 Å². The normalized spacial score (nSPS) is 16.2. The lowest BCUT2D eigenvalue weighted by Crippen LogP contribution is -2.49. The molecule has 4 nitrogen and oxygen atoms in total. The van der Waals surface area contributed by atoms with Crippen LogP contribution in [0.5, 0.6) is 0 Å². The topological polar surface area (TPSA) is 35.6 Å². The summed E-state index contributed by atoms with van der Waals surface area (Å²) in [6.07, 6.45) is 0. The summed E-state index contributed by atoms with van der Waals surface area (Å²) in [5.74, 6) is -0.161. The standard InChI is InChI=1S/C22H28FN3O/c1-16-4-5-17(2)21(14-16)18(3)24-22(27)15-25-10-12-26(13-11-25)20-8-6-19(23)7-9-20/h4-9,14,18H,10-13,15H2,1-3H3,(H,24,27). The highest BCUT2D eigenvalue weighted by Gasteiger charge is 2.20. The van der Waals surface area contributed by atoms with Gasteiger partial charge in [0.2, 0.25) is 5.91 Å².